The smallest absolute Gasteiger partial charge is 0.236 e. The summed E-state index contributed by atoms with van der Waals surface area (Å²) in [6, 6.07) is 0.267. The van der Waals surface area contributed by atoms with Gasteiger partial charge < -0.3 is 19.9 Å². The molecule has 142 valence electrons. The fourth-order valence-corrected chi connectivity index (χ4v) is 4.33. The maximum atomic E-state index is 12.2. The average molecular weight is 359 g/mol. The molecule has 7 nitrogen and oxygen atoms in total. The van der Waals surface area contributed by atoms with Crippen LogP contribution in [0.15, 0.2) is 12.4 Å². The maximum absolute atomic E-state index is 12.2. The van der Waals surface area contributed by atoms with Crippen LogP contribution in [0.4, 0.5) is 5.82 Å². The summed E-state index contributed by atoms with van der Waals surface area (Å²) < 4.78 is 6.07. The summed E-state index contributed by atoms with van der Waals surface area (Å²) in [5.41, 5.74) is 0. The molecule has 1 amide bonds. The van der Waals surface area contributed by atoms with Crippen molar-refractivity contribution < 1.29 is 9.53 Å². The Morgan fingerprint density at radius 1 is 1.08 bits per heavy atom. The molecule has 1 atom stereocenters. The molecule has 7 heteroatoms. The lowest BCUT2D eigenvalue weighted by Gasteiger charge is -2.41. The van der Waals surface area contributed by atoms with E-state index in [2.05, 4.69) is 15.2 Å². The molecular weight excluding hydrogens is 330 g/mol. The molecule has 3 aliphatic rings. The van der Waals surface area contributed by atoms with Crippen LogP contribution < -0.4 is 15.0 Å². The quantitative estimate of drug-likeness (QED) is 0.880. The van der Waals surface area contributed by atoms with Crippen molar-refractivity contribution in [1.29, 1.82) is 0 Å². The minimum absolute atomic E-state index is 0.212. The molecule has 0 radical (unpaired) electrons. The number of anilines is 1. The molecule has 1 aliphatic carbocycles. The number of nitrogens with zero attached hydrogens (tertiary/aromatic N) is 4. The van der Waals surface area contributed by atoms with Crippen LogP contribution in [0, 0.1) is 0 Å². The zero-order valence-corrected chi connectivity index (χ0v) is 15.4. The molecule has 1 aromatic rings. The van der Waals surface area contributed by atoms with Crippen molar-refractivity contribution in [2.24, 2.45) is 0 Å². The molecule has 0 spiro atoms. The Kier molecular flexibility index (Phi) is 5.53. The third-order valence-corrected chi connectivity index (χ3v) is 5.73. The van der Waals surface area contributed by atoms with Gasteiger partial charge in [0.25, 0.3) is 0 Å². The van der Waals surface area contributed by atoms with Crippen LogP contribution in [-0.4, -0.2) is 65.6 Å². The van der Waals surface area contributed by atoms with E-state index in [1.54, 1.807) is 6.20 Å². The van der Waals surface area contributed by atoms with Gasteiger partial charge in [0.2, 0.25) is 11.8 Å². The Morgan fingerprint density at radius 3 is 2.81 bits per heavy atom. The van der Waals surface area contributed by atoms with Crippen LogP contribution in [0.5, 0.6) is 5.88 Å². The third-order valence-electron chi connectivity index (χ3n) is 5.73. The highest BCUT2D eigenvalue weighted by Crippen LogP contribution is 2.25. The normalized spacial score (nSPS) is 25.4. The number of rotatable bonds is 4. The molecule has 2 saturated heterocycles. The number of hydrogen-bond acceptors (Lipinski definition) is 6. The van der Waals surface area contributed by atoms with Crippen LogP contribution in [0.2, 0.25) is 0 Å². The lowest BCUT2D eigenvalue weighted by molar-refractivity contribution is -0.134. The van der Waals surface area contributed by atoms with E-state index < -0.39 is 0 Å². The molecule has 2 aliphatic heterocycles. The van der Waals surface area contributed by atoms with Crippen molar-refractivity contribution >= 4 is 11.7 Å². The van der Waals surface area contributed by atoms with E-state index in [0.717, 1.165) is 57.7 Å². The molecule has 1 saturated carbocycles. The summed E-state index contributed by atoms with van der Waals surface area (Å²) >= 11 is 0. The summed E-state index contributed by atoms with van der Waals surface area (Å²) in [5, 5.41) is 3.15. The first-order valence-electron chi connectivity index (χ1n) is 10.0. The monoisotopic (exact) mass is 359 g/mol. The fourth-order valence-electron chi connectivity index (χ4n) is 4.33. The van der Waals surface area contributed by atoms with E-state index in [1.165, 1.54) is 19.3 Å². The zero-order chi connectivity index (χ0) is 17.8. The van der Waals surface area contributed by atoms with E-state index in [0.29, 0.717) is 12.4 Å². The highest BCUT2D eigenvalue weighted by atomic mass is 16.5. The summed E-state index contributed by atoms with van der Waals surface area (Å²) in [6.45, 7) is 3.92. The van der Waals surface area contributed by atoms with Crippen LogP contribution in [0.3, 0.4) is 0 Å². The van der Waals surface area contributed by atoms with Gasteiger partial charge in [0.05, 0.1) is 18.9 Å². The summed E-state index contributed by atoms with van der Waals surface area (Å²) in [5.74, 6) is 1.71. The molecule has 3 fully saturated rings. The number of piperidine rings is 1. The first-order chi connectivity index (χ1) is 12.8. The van der Waals surface area contributed by atoms with Gasteiger partial charge in [-0.05, 0) is 38.5 Å². The molecular formula is C19H29N5O2. The lowest BCUT2D eigenvalue weighted by Crippen LogP contribution is -2.57. The van der Waals surface area contributed by atoms with E-state index in [1.807, 2.05) is 11.1 Å². The highest BCUT2D eigenvalue weighted by molar-refractivity contribution is 5.79. The minimum atomic E-state index is 0.212. The second kappa shape index (κ2) is 8.20. The number of carbonyl (C=O) groups is 1. The number of amides is 1. The standard InChI is InChI=1S/C19H29N5O2/c25-19-13-20-8-10-24(19)15-5-4-9-23(14-15)17-11-21-12-18(22-17)26-16-6-2-1-3-7-16/h11-12,15-16,20H,1-10,13-14H2. The molecule has 26 heavy (non-hydrogen) atoms. The fraction of sp³-hybridized carbons (Fsp3) is 0.737. The second-order valence-corrected chi connectivity index (χ2v) is 7.60. The van der Waals surface area contributed by atoms with Crippen molar-refractivity contribution in [3.63, 3.8) is 0 Å². The third kappa shape index (κ3) is 4.09. The number of piperazine rings is 1. The topological polar surface area (TPSA) is 70.6 Å². The Morgan fingerprint density at radius 2 is 1.96 bits per heavy atom. The van der Waals surface area contributed by atoms with E-state index in [4.69, 9.17) is 9.72 Å². The molecule has 1 aromatic heterocycles. The number of hydrogen-bond donors (Lipinski definition) is 1. The van der Waals surface area contributed by atoms with E-state index in [9.17, 15) is 4.79 Å². The molecule has 4 rings (SSSR count). The zero-order valence-electron chi connectivity index (χ0n) is 15.4. The summed E-state index contributed by atoms with van der Waals surface area (Å²) in [4.78, 5) is 25.6. The predicted molar refractivity (Wildman–Crippen MR) is 99.4 cm³/mol. The number of ether oxygens (including phenoxy) is 1. The van der Waals surface area contributed by atoms with E-state index >= 15 is 0 Å². The molecule has 0 bridgehead atoms. The Bertz CT molecular complexity index is 620. The second-order valence-electron chi connectivity index (χ2n) is 7.60. The van der Waals surface area contributed by atoms with Gasteiger partial charge >= 0.3 is 0 Å². The van der Waals surface area contributed by atoms with Gasteiger partial charge in [0.15, 0.2) is 5.82 Å². The van der Waals surface area contributed by atoms with Crippen molar-refractivity contribution in [2.45, 2.75) is 57.1 Å². The predicted octanol–water partition coefficient (Wildman–Crippen LogP) is 1.59. The number of aromatic nitrogens is 2. The molecule has 0 aromatic carbocycles. The summed E-state index contributed by atoms with van der Waals surface area (Å²) in [7, 11) is 0. The number of carbonyl (C=O) groups excluding carboxylic acids is 1. The average Bonchev–Trinajstić information content (AvgIpc) is 2.69. The van der Waals surface area contributed by atoms with Gasteiger partial charge in [0, 0.05) is 32.2 Å². The van der Waals surface area contributed by atoms with Crippen LogP contribution in [0.25, 0.3) is 0 Å². The Hall–Kier alpha value is -1.89. The first kappa shape index (κ1) is 17.5. The van der Waals surface area contributed by atoms with Gasteiger partial charge in [0.1, 0.15) is 6.10 Å². The van der Waals surface area contributed by atoms with Crippen molar-refractivity contribution in [2.75, 3.05) is 37.6 Å². The maximum Gasteiger partial charge on any atom is 0.236 e. The van der Waals surface area contributed by atoms with Crippen molar-refractivity contribution in [3.8, 4) is 5.88 Å². The number of nitrogens with one attached hydrogen (secondary N) is 1. The van der Waals surface area contributed by atoms with Crippen LogP contribution >= 0.6 is 0 Å². The van der Waals surface area contributed by atoms with Gasteiger partial charge in [-0.1, -0.05) is 6.42 Å². The van der Waals surface area contributed by atoms with Crippen LogP contribution in [-0.2, 0) is 4.79 Å². The molecule has 3 heterocycles. The SMILES string of the molecule is O=C1CNCCN1C1CCCN(c2cncc(OC3CCCCC3)n2)C1. The van der Waals surface area contributed by atoms with Crippen LogP contribution in [0.1, 0.15) is 44.9 Å². The van der Waals surface area contributed by atoms with E-state index in [-0.39, 0.29) is 18.1 Å². The van der Waals surface area contributed by atoms with Gasteiger partial charge in [-0.15, -0.1) is 0 Å². The summed E-state index contributed by atoms with van der Waals surface area (Å²) in [6.07, 6.45) is 12.0. The highest BCUT2D eigenvalue weighted by Gasteiger charge is 2.30. The van der Waals surface area contributed by atoms with Gasteiger partial charge in [-0.3, -0.25) is 9.78 Å². The van der Waals surface area contributed by atoms with Gasteiger partial charge in [-0.2, -0.15) is 4.98 Å². The van der Waals surface area contributed by atoms with Crippen molar-refractivity contribution in [1.82, 2.24) is 20.2 Å². The van der Waals surface area contributed by atoms with Crippen molar-refractivity contribution in [3.05, 3.63) is 12.4 Å². The Balaban J connectivity index is 1.41. The van der Waals surface area contributed by atoms with Gasteiger partial charge in [-0.25, -0.2) is 0 Å². The molecule has 1 N–H and O–H groups in total. The largest absolute Gasteiger partial charge is 0.473 e. The first-order valence-corrected chi connectivity index (χ1v) is 10.0. The Labute approximate surface area is 155 Å². The molecule has 1 unspecified atom stereocenters. The lowest BCUT2D eigenvalue weighted by atomic mass is 9.98. The minimum Gasteiger partial charge on any atom is -0.473 e.